The summed E-state index contributed by atoms with van der Waals surface area (Å²) < 4.78 is 14.1. The zero-order chi connectivity index (χ0) is 13.7. The fraction of sp³-hybridized carbons (Fsp3) is 0.467. The van der Waals surface area contributed by atoms with Gasteiger partial charge in [-0.15, -0.1) is 31.4 Å². The molecule has 2 nitrogen and oxygen atoms in total. The topological polar surface area (TPSA) is 15.3 Å². The highest BCUT2D eigenvalue weighted by Gasteiger charge is 2.23. The molecule has 1 aromatic carbocycles. The van der Waals surface area contributed by atoms with Crippen LogP contribution in [0, 0.1) is 5.82 Å². The number of hydrogen-bond donors (Lipinski definition) is 1. The first-order valence-corrected chi connectivity index (χ1v) is 7.52. The van der Waals surface area contributed by atoms with E-state index < -0.39 is 0 Å². The van der Waals surface area contributed by atoms with Crippen LogP contribution in [-0.4, -0.2) is 31.1 Å². The van der Waals surface area contributed by atoms with Gasteiger partial charge in [-0.25, -0.2) is 4.39 Å². The molecule has 1 atom stereocenters. The standard InChI is InChI=1S/C15H20BrFN2.2ClH/c1-2-3-4-15(19-9-7-18-8-10-19)13-6-5-12(17)11-14(13)16;;/h2,5-6,11,15,18H,1,3-4,7-10H2;2*1H/t15-;;/m0../s1. The maximum absolute atomic E-state index is 13.2. The average Bonchev–Trinajstić information content (AvgIpc) is 2.42. The van der Waals surface area contributed by atoms with Crippen molar-refractivity contribution < 1.29 is 4.39 Å². The second-order valence-electron chi connectivity index (χ2n) is 4.83. The van der Waals surface area contributed by atoms with Gasteiger partial charge in [0, 0.05) is 36.7 Å². The van der Waals surface area contributed by atoms with E-state index in [1.54, 1.807) is 12.1 Å². The van der Waals surface area contributed by atoms with Crippen LogP contribution in [0.3, 0.4) is 0 Å². The molecule has 1 aliphatic rings. The molecule has 21 heavy (non-hydrogen) atoms. The van der Waals surface area contributed by atoms with E-state index in [9.17, 15) is 4.39 Å². The third kappa shape index (κ3) is 5.87. The molecule has 1 heterocycles. The van der Waals surface area contributed by atoms with Crippen LogP contribution in [0.15, 0.2) is 35.3 Å². The third-order valence-corrected chi connectivity index (χ3v) is 4.24. The van der Waals surface area contributed by atoms with Gasteiger partial charge in [0.2, 0.25) is 0 Å². The highest BCUT2D eigenvalue weighted by molar-refractivity contribution is 9.10. The Labute approximate surface area is 147 Å². The van der Waals surface area contributed by atoms with Gasteiger partial charge in [0.25, 0.3) is 0 Å². The van der Waals surface area contributed by atoms with Crippen LogP contribution in [0.5, 0.6) is 0 Å². The minimum Gasteiger partial charge on any atom is -0.314 e. The molecule has 120 valence electrons. The van der Waals surface area contributed by atoms with Crippen LogP contribution >= 0.6 is 40.7 Å². The fourth-order valence-corrected chi connectivity index (χ4v) is 3.19. The van der Waals surface area contributed by atoms with Gasteiger partial charge in [0.1, 0.15) is 5.82 Å². The van der Waals surface area contributed by atoms with Crippen molar-refractivity contribution in [3.8, 4) is 0 Å². The largest absolute Gasteiger partial charge is 0.314 e. The third-order valence-electron chi connectivity index (χ3n) is 3.56. The molecule has 1 fully saturated rings. The average molecular weight is 400 g/mol. The quantitative estimate of drug-likeness (QED) is 0.740. The minimum absolute atomic E-state index is 0. The molecular formula is C15H22BrCl2FN2. The summed E-state index contributed by atoms with van der Waals surface area (Å²) in [5, 5.41) is 3.37. The zero-order valence-corrected chi connectivity index (χ0v) is 15.1. The molecule has 1 saturated heterocycles. The number of nitrogens with one attached hydrogen (secondary N) is 1. The smallest absolute Gasteiger partial charge is 0.124 e. The first-order chi connectivity index (χ1) is 9.22. The van der Waals surface area contributed by atoms with E-state index in [4.69, 9.17) is 0 Å². The molecule has 6 heteroatoms. The lowest BCUT2D eigenvalue weighted by Gasteiger charge is -2.35. The summed E-state index contributed by atoms with van der Waals surface area (Å²) in [6, 6.07) is 5.33. The van der Waals surface area contributed by atoms with Crippen molar-refractivity contribution in [2.75, 3.05) is 26.2 Å². The Bertz CT molecular complexity index is 440. The maximum Gasteiger partial charge on any atom is 0.124 e. The van der Waals surface area contributed by atoms with E-state index in [-0.39, 0.29) is 30.6 Å². The Morgan fingerprint density at radius 3 is 2.57 bits per heavy atom. The molecule has 0 amide bonds. The number of rotatable bonds is 5. The van der Waals surface area contributed by atoms with Crippen molar-refractivity contribution in [2.24, 2.45) is 0 Å². The summed E-state index contributed by atoms with van der Waals surface area (Å²) in [4.78, 5) is 2.47. The Morgan fingerprint density at radius 2 is 2.00 bits per heavy atom. The van der Waals surface area contributed by atoms with Gasteiger partial charge in [-0.3, -0.25) is 4.90 Å². The maximum atomic E-state index is 13.2. The Balaban J connectivity index is 0.00000200. The van der Waals surface area contributed by atoms with Crippen molar-refractivity contribution in [3.63, 3.8) is 0 Å². The number of hydrogen-bond acceptors (Lipinski definition) is 2. The molecule has 0 bridgehead atoms. The van der Waals surface area contributed by atoms with E-state index in [1.165, 1.54) is 5.56 Å². The molecule has 0 aromatic heterocycles. The minimum atomic E-state index is -0.196. The molecule has 0 spiro atoms. The van der Waals surface area contributed by atoms with Gasteiger partial charge in [-0.1, -0.05) is 28.1 Å². The van der Waals surface area contributed by atoms with Gasteiger partial charge >= 0.3 is 0 Å². The summed E-state index contributed by atoms with van der Waals surface area (Å²) >= 11 is 3.50. The van der Waals surface area contributed by atoms with Gasteiger partial charge in [0.05, 0.1) is 0 Å². The molecule has 1 N–H and O–H groups in total. The molecule has 0 radical (unpaired) electrons. The number of nitrogens with zero attached hydrogens (tertiary/aromatic N) is 1. The van der Waals surface area contributed by atoms with Gasteiger partial charge in [-0.2, -0.15) is 0 Å². The zero-order valence-electron chi connectivity index (χ0n) is 11.9. The number of halogens is 4. The second kappa shape index (κ2) is 10.6. The fourth-order valence-electron chi connectivity index (χ4n) is 2.58. The van der Waals surface area contributed by atoms with E-state index in [0.29, 0.717) is 6.04 Å². The second-order valence-corrected chi connectivity index (χ2v) is 5.69. The highest BCUT2D eigenvalue weighted by Crippen LogP contribution is 2.32. The van der Waals surface area contributed by atoms with Crippen molar-refractivity contribution in [3.05, 3.63) is 46.7 Å². The van der Waals surface area contributed by atoms with Crippen molar-refractivity contribution in [1.82, 2.24) is 10.2 Å². The van der Waals surface area contributed by atoms with Crippen LogP contribution in [-0.2, 0) is 0 Å². The number of piperazine rings is 1. The summed E-state index contributed by atoms with van der Waals surface area (Å²) in [7, 11) is 0. The van der Waals surface area contributed by atoms with Crippen molar-refractivity contribution >= 4 is 40.7 Å². The Kier molecular flexibility index (Phi) is 10.5. The Morgan fingerprint density at radius 1 is 1.33 bits per heavy atom. The molecule has 1 aromatic rings. The summed E-state index contributed by atoms with van der Waals surface area (Å²) in [6.45, 7) is 7.91. The molecule has 2 rings (SSSR count). The molecule has 0 unspecified atom stereocenters. The van der Waals surface area contributed by atoms with E-state index in [2.05, 4.69) is 32.7 Å². The lowest BCUT2D eigenvalue weighted by atomic mass is 9.99. The van der Waals surface area contributed by atoms with E-state index in [1.807, 2.05) is 12.1 Å². The highest BCUT2D eigenvalue weighted by atomic mass is 79.9. The van der Waals surface area contributed by atoms with Gasteiger partial charge in [0.15, 0.2) is 0 Å². The Hall–Kier alpha value is -0.130. The summed E-state index contributed by atoms with van der Waals surface area (Å²) in [5.41, 5.74) is 1.17. The van der Waals surface area contributed by atoms with Gasteiger partial charge in [-0.05, 0) is 30.5 Å². The van der Waals surface area contributed by atoms with Crippen molar-refractivity contribution in [2.45, 2.75) is 18.9 Å². The summed E-state index contributed by atoms with van der Waals surface area (Å²) in [5.74, 6) is -0.196. The molecule has 1 aliphatic heterocycles. The molecule has 0 aliphatic carbocycles. The first kappa shape index (κ1) is 20.9. The van der Waals surface area contributed by atoms with Crippen LogP contribution in [0.1, 0.15) is 24.4 Å². The van der Waals surface area contributed by atoms with Crippen LogP contribution in [0.2, 0.25) is 0 Å². The number of benzene rings is 1. The monoisotopic (exact) mass is 398 g/mol. The van der Waals surface area contributed by atoms with Crippen LogP contribution < -0.4 is 5.32 Å². The van der Waals surface area contributed by atoms with Gasteiger partial charge < -0.3 is 5.32 Å². The lowest BCUT2D eigenvalue weighted by Crippen LogP contribution is -2.45. The normalized spacial score (nSPS) is 16.5. The predicted molar refractivity (Wildman–Crippen MR) is 95.2 cm³/mol. The molecule has 0 saturated carbocycles. The van der Waals surface area contributed by atoms with E-state index >= 15 is 0 Å². The first-order valence-electron chi connectivity index (χ1n) is 6.73. The SMILES string of the molecule is C=CCC[C@@H](c1ccc(F)cc1Br)N1CCNCC1.Cl.Cl. The lowest BCUT2D eigenvalue weighted by molar-refractivity contribution is 0.165. The van der Waals surface area contributed by atoms with Crippen LogP contribution in [0.25, 0.3) is 0 Å². The van der Waals surface area contributed by atoms with Crippen LogP contribution in [0.4, 0.5) is 4.39 Å². The van der Waals surface area contributed by atoms with Crippen molar-refractivity contribution in [1.29, 1.82) is 0 Å². The summed E-state index contributed by atoms with van der Waals surface area (Å²) in [6.07, 6.45) is 3.94. The number of allylic oxidation sites excluding steroid dienone is 1. The predicted octanol–water partition coefficient (Wildman–Crippen LogP) is 4.34. The molecular weight excluding hydrogens is 378 g/mol. The van der Waals surface area contributed by atoms with E-state index in [0.717, 1.165) is 43.5 Å².